The van der Waals surface area contributed by atoms with Gasteiger partial charge in [-0.2, -0.15) is 12.5 Å². The lowest BCUT2D eigenvalue weighted by Crippen LogP contribution is -1.98. The molecule has 0 fully saturated rings. The Balaban J connectivity index is 2.63. The molecule has 0 saturated carbocycles. The van der Waals surface area contributed by atoms with Gasteiger partial charge in [0, 0.05) is 0 Å². The predicted molar refractivity (Wildman–Crippen MR) is 32.1 cm³/mol. The Morgan fingerprint density at radius 3 is 2.33 bits per heavy atom. The van der Waals surface area contributed by atoms with Gasteiger partial charge in [-0.3, -0.25) is 0 Å². The maximum absolute atomic E-state index is 8.42. The highest BCUT2D eigenvalue weighted by molar-refractivity contribution is 8.09. The van der Waals surface area contributed by atoms with Crippen molar-refractivity contribution < 1.29 is 5.02 Å². The molecule has 6 heavy (non-hydrogen) atoms. The van der Waals surface area contributed by atoms with Crippen molar-refractivity contribution in [2.45, 2.75) is 19.7 Å². The molecule has 0 rings (SSSR count). The van der Waals surface area contributed by atoms with Gasteiger partial charge in [-0.05, 0) is 6.32 Å². The van der Waals surface area contributed by atoms with Crippen molar-refractivity contribution in [1.29, 1.82) is 0 Å². The molecule has 0 aliphatic heterocycles. The molecular formula is C3H9BOS. The van der Waals surface area contributed by atoms with Gasteiger partial charge >= 0.3 is 6.19 Å². The lowest BCUT2D eigenvalue weighted by atomic mass is 9.92. The van der Waals surface area contributed by atoms with Crippen molar-refractivity contribution in [3.05, 3.63) is 0 Å². The van der Waals surface area contributed by atoms with Crippen LogP contribution in [-0.2, 0) is 0 Å². The summed E-state index contributed by atoms with van der Waals surface area (Å²) < 4.78 is 0. The molecule has 0 aromatic carbocycles. The van der Waals surface area contributed by atoms with Crippen molar-refractivity contribution >= 4 is 18.7 Å². The summed E-state index contributed by atoms with van der Waals surface area (Å²) in [5.41, 5.74) is 0. The summed E-state index contributed by atoms with van der Waals surface area (Å²) in [6.07, 6.45) is 1.39. The quantitative estimate of drug-likeness (QED) is 0.392. The summed E-state index contributed by atoms with van der Waals surface area (Å²) in [5.74, 6) is 0. The first-order chi connectivity index (χ1) is 2.77. The summed E-state index contributed by atoms with van der Waals surface area (Å²) in [6.45, 7) is 2.01. The normalized spacial score (nSPS) is 8.50. The lowest BCUT2D eigenvalue weighted by Gasteiger charge is -1.88. The zero-order valence-corrected chi connectivity index (χ0v) is 4.78. The van der Waals surface area contributed by atoms with Crippen LogP contribution in [0.1, 0.15) is 13.3 Å². The highest BCUT2D eigenvalue weighted by Gasteiger charge is 1.97. The Hall–Kier alpha value is 0.375. The minimum Gasteiger partial charge on any atom is -0.442 e. The van der Waals surface area contributed by atoms with Gasteiger partial charge in [0.05, 0.1) is 0 Å². The van der Waals surface area contributed by atoms with E-state index in [4.69, 9.17) is 5.02 Å². The third-order valence-electron chi connectivity index (χ3n) is 0.547. The summed E-state index contributed by atoms with van der Waals surface area (Å²) >= 11 is 3.73. The Morgan fingerprint density at radius 1 is 1.83 bits per heavy atom. The molecule has 0 aliphatic carbocycles. The average Bonchev–Trinajstić information content (AvgIpc) is 1.35. The van der Waals surface area contributed by atoms with E-state index in [2.05, 4.69) is 12.5 Å². The fourth-order valence-corrected chi connectivity index (χ4v) is 0.516. The molecule has 1 N–H and O–H groups in total. The smallest absolute Gasteiger partial charge is 0.355 e. The first-order valence-electron chi connectivity index (χ1n) is 2.13. The second-order valence-electron chi connectivity index (χ2n) is 1.27. The van der Waals surface area contributed by atoms with E-state index in [0.717, 1.165) is 12.7 Å². The number of rotatable bonds is 2. The first kappa shape index (κ1) is 6.37. The zero-order valence-electron chi connectivity index (χ0n) is 3.89. The van der Waals surface area contributed by atoms with E-state index in [1.807, 2.05) is 6.92 Å². The van der Waals surface area contributed by atoms with Crippen LogP contribution in [0, 0.1) is 0 Å². The van der Waals surface area contributed by atoms with Crippen molar-refractivity contribution in [2.24, 2.45) is 0 Å². The van der Waals surface area contributed by atoms with Crippen LogP contribution in [0.5, 0.6) is 0 Å². The molecule has 0 atom stereocenters. The van der Waals surface area contributed by atoms with E-state index >= 15 is 0 Å². The standard InChI is InChI=1S/C3H9BOS/c1-2-3-4(5)6/h5-6H,2-3H2,1H3. The molecule has 0 aliphatic rings. The molecule has 3 heteroatoms. The molecule has 0 spiro atoms. The lowest BCUT2D eigenvalue weighted by molar-refractivity contribution is 0.591. The molecule has 1 nitrogen and oxygen atoms in total. The topological polar surface area (TPSA) is 20.2 Å². The number of thiol groups is 1. The Kier molecular flexibility index (Phi) is 3.78. The third-order valence-corrected chi connectivity index (χ3v) is 0.805. The first-order valence-corrected chi connectivity index (χ1v) is 2.65. The van der Waals surface area contributed by atoms with Crippen LogP contribution >= 0.6 is 12.5 Å². The molecular weight excluding hydrogens is 94.9 g/mol. The number of hydrogen-bond acceptors (Lipinski definition) is 2. The van der Waals surface area contributed by atoms with Crippen LogP contribution < -0.4 is 0 Å². The van der Waals surface area contributed by atoms with E-state index in [-0.39, 0.29) is 0 Å². The van der Waals surface area contributed by atoms with Crippen LogP contribution in [0.25, 0.3) is 0 Å². The number of hydrogen-bond donors (Lipinski definition) is 2. The van der Waals surface area contributed by atoms with E-state index in [1.165, 1.54) is 0 Å². The molecule has 0 aromatic rings. The van der Waals surface area contributed by atoms with Crippen molar-refractivity contribution in [1.82, 2.24) is 0 Å². The van der Waals surface area contributed by atoms with Gasteiger partial charge in [-0.1, -0.05) is 13.3 Å². The van der Waals surface area contributed by atoms with Crippen LogP contribution in [0.15, 0.2) is 0 Å². The summed E-state index contributed by atoms with van der Waals surface area (Å²) in [4.78, 5) is 0. The van der Waals surface area contributed by atoms with Crippen LogP contribution in [0.2, 0.25) is 6.32 Å². The highest BCUT2D eigenvalue weighted by Crippen LogP contribution is 1.94. The zero-order chi connectivity index (χ0) is 4.99. The molecule has 0 amide bonds. The van der Waals surface area contributed by atoms with Gasteiger partial charge < -0.3 is 5.02 Å². The third kappa shape index (κ3) is 4.37. The fraction of sp³-hybridized carbons (Fsp3) is 1.00. The van der Waals surface area contributed by atoms with Gasteiger partial charge in [0.25, 0.3) is 0 Å². The van der Waals surface area contributed by atoms with E-state index < -0.39 is 6.19 Å². The molecule has 0 unspecified atom stereocenters. The van der Waals surface area contributed by atoms with E-state index in [9.17, 15) is 0 Å². The van der Waals surface area contributed by atoms with E-state index in [0.29, 0.717) is 0 Å². The second-order valence-corrected chi connectivity index (χ2v) is 1.87. The van der Waals surface area contributed by atoms with E-state index in [1.54, 1.807) is 0 Å². The van der Waals surface area contributed by atoms with Gasteiger partial charge in [0.15, 0.2) is 0 Å². The van der Waals surface area contributed by atoms with Crippen molar-refractivity contribution in [2.75, 3.05) is 0 Å². The SMILES string of the molecule is CCCB(O)S. The van der Waals surface area contributed by atoms with Gasteiger partial charge in [-0.25, -0.2) is 0 Å². The monoisotopic (exact) mass is 104 g/mol. The Bertz CT molecular complexity index is 32.0. The Morgan fingerprint density at radius 2 is 2.33 bits per heavy atom. The van der Waals surface area contributed by atoms with Gasteiger partial charge in [0.1, 0.15) is 0 Å². The Labute approximate surface area is 44.2 Å². The summed E-state index contributed by atoms with van der Waals surface area (Å²) in [7, 11) is 0. The summed E-state index contributed by atoms with van der Waals surface area (Å²) in [5, 5.41) is 8.42. The second kappa shape index (κ2) is 3.56. The molecule has 36 valence electrons. The van der Waals surface area contributed by atoms with Crippen LogP contribution in [-0.4, -0.2) is 11.2 Å². The molecule has 0 aromatic heterocycles. The van der Waals surface area contributed by atoms with Crippen LogP contribution in [0.3, 0.4) is 0 Å². The minimum absolute atomic E-state index is 0.407. The van der Waals surface area contributed by atoms with Crippen LogP contribution in [0.4, 0.5) is 0 Å². The maximum Gasteiger partial charge on any atom is 0.355 e. The summed E-state index contributed by atoms with van der Waals surface area (Å²) in [6, 6.07) is 0. The predicted octanol–water partition coefficient (Wildman–Crippen LogP) is 0.807. The average molecular weight is 104 g/mol. The molecule has 0 heterocycles. The van der Waals surface area contributed by atoms with Gasteiger partial charge in [-0.15, -0.1) is 0 Å². The van der Waals surface area contributed by atoms with Gasteiger partial charge in [0.2, 0.25) is 0 Å². The molecule has 0 bridgehead atoms. The van der Waals surface area contributed by atoms with Crippen molar-refractivity contribution in [3.63, 3.8) is 0 Å². The highest BCUT2D eigenvalue weighted by atomic mass is 32.1. The fourth-order valence-electron chi connectivity index (χ4n) is 0.258. The van der Waals surface area contributed by atoms with Crippen molar-refractivity contribution in [3.8, 4) is 0 Å². The molecule has 0 saturated heterocycles. The minimum atomic E-state index is -0.407. The molecule has 0 radical (unpaired) electrons. The maximum atomic E-state index is 8.42. The largest absolute Gasteiger partial charge is 0.442 e.